The second kappa shape index (κ2) is 8.58. The van der Waals surface area contributed by atoms with Crippen molar-refractivity contribution in [3.63, 3.8) is 0 Å². The maximum absolute atomic E-state index is 12.9. The van der Waals surface area contributed by atoms with Crippen LogP contribution < -0.4 is 4.72 Å². The van der Waals surface area contributed by atoms with Gasteiger partial charge in [-0.25, -0.2) is 13.1 Å². The van der Waals surface area contributed by atoms with Crippen molar-refractivity contribution in [2.45, 2.75) is 49.6 Å². The summed E-state index contributed by atoms with van der Waals surface area (Å²) in [6, 6.07) is 17.8. The van der Waals surface area contributed by atoms with Crippen LogP contribution in [0.25, 0.3) is 10.8 Å². The van der Waals surface area contributed by atoms with Crippen molar-refractivity contribution in [2.75, 3.05) is 0 Å². The topological polar surface area (TPSA) is 78.8 Å². The molecule has 0 unspecified atom stereocenters. The first-order valence-electron chi connectivity index (χ1n) is 10.3. The molecule has 6 heteroatoms. The maximum atomic E-state index is 12.9. The third-order valence-corrected chi connectivity index (χ3v) is 7.22. The highest BCUT2D eigenvalue weighted by molar-refractivity contribution is 7.89. The number of aromatic hydroxyl groups is 1. The Bertz CT molecular complexity index is 1170. The molecule has 0 aromatic heterocycles. The van der Waals surface area contributed by atoms with Gasteiger partial charge in [0, 0.05) is 17.8 Å². The summed E-state index contributed by atoms with van der Waals surface area (Å²) < 4.78 is 28.6. The van der Waals surface area contributed by atoms with Crippen LogP contribution in [0.3, 0.4) is 0 Å². The first-order valence-corrected chi connectivity index (χ1v) is 11.8. The molecule has 0 spiro atoms. The summed E-state index contributed by atoms with van der Waals surface area (Å²) in [5, 5.41) is 12.3. The molecule has 3 aromatic carbocycles. The van der Waals surface area contributed by atoms with Crippen molar-refractivity contribution >= 4 is 27.0 Å². The minimum atomic E-state index is -3.61. The Morgan fingerprint density at radius 3 is 2.53 bits per heavy atom. The highest BCUT2D eigenvalue weighted by Crippen LogP contribution is 2.27. The molecule has 0 saturated heterocycles. The number of hydrogen-bond acceptors (Lipinski definition) is 4. The second-order valence-corrected chi connectivity index (χ2v) is 9.60. The molecule has 0 radical (unpaired) electrons. The molecule has 0 heterocycles. The van der Waals surface area contributed by atoms with Crippen LogP contribution in [0.15, 0.2) is 70.6 Å². The van der Waals surface area contributed by atoms with Crippen molar-refractivity contribution in [2.24, 2.45) is 4.99 Å². The van der Waals surface area contributed by atoms with E-state index in [-0.39, 0.29) is 22.7 Å². The zero-order chi connectivity index (χ0) is 21.1. The lowest BCUT2D eigenvalue weighted by Gasteiger charge is -2.29. The van der Waals surface area contributed by atoms with Crippen LogP contribution in [-0.2, 0) is 10.0 Å². The SMILES string of the molecule is Cc1ccc(S(=O)(=O)N[C@@H]2CCCC[C@H]2/N=C/c2c(O)ccc3ccccc23)cc1. The number of fused-ring (bicyclic) bond motifs is 1. The van der Waals surface area contributed by atoms with E-state index in [0.29, 0.717) is 5.56 Å². The van der Waals surface area contributed by atoms with Crippen molar-refractivity contribution in [3.8, 4) is 5.75 Å². The average molecular weight is 423 g/mol. The third-order valence-electron chi connectivity index (χ3n) is 5.71. The molecular formula is C24H26N2O3S. The van der Waals surface area contributed by atoms with E-state index >= 15 is 0 Å². The largest absolute Gasteiger partial charge is 0.507 e. The number of hydrogen-bond donors (Lipinski definition) is 2. The van der Waals surface area contributed by atoms with Gasteiger partial charge in [0.1, 0.15) is 5.75 Å². The molecular weight excluding hydrogens is 396 g/mol. The first-order chi connectivity index (χ1) is 14.4. The summed E-state index contributed by atoms with van der Waals surface area (Å²) in [5.41, 5.74) is 1.68. The first kappa shape index (κ1) is 20.6. The summed E-state index contributed by atoms with van der Waals surface area (Å²) in [7, 11) is -3.61. The summed E-state index contributed by atoms with van der Waals surface area (Å²) in [4.78, 5) is 5.00. The molecule has 1 fully saturated rings. The molecule has 0 amide bonds. The Balaban J connectivity index is 1.59. The minimum absolute atomic E-state index is 0.169. The van der Waals surface area contributed by atoms with E-state index in [0.717, 1.165) is 42.0 Å². The van der Waals surface area contributed by atoms with Gasteiger partial charge >= 0.3 is 0 Å². The maximum Gasteiger partial charge on any atom is 0.240 e. The lowest BCUT2D eigenvalue weighted by atomic mass is 9.91. The van der Waals surface area contributed by atoms with Crippen LogP contribution in [0, 0.1) is 6.92 Å². The Labute approximate surface area is 177 Å². The van der Waals surface area contributed by atoms with Crippen LogP contribution >= 0.6 is 0 Å². The molecule has 30 heavy (non-hydrogen) atoms. The number of phenolic OH excluding ortho intramolecular Hbond substituents is 1. The van der Waals surface area contributed by atoms with Crippen LogP contribution in [0.1, 0.15) is 36.8 Å². The van der Waals surface area contributed by atoms with Crippen LogP contribution in [0.4, 0.5) is 0 Å². The van der Waals surface area contributed by atoms with Gasteiger partial charge in [-0.1, -0.05) is 60.9 Å². The van der Waals surface area contributed by atoms with Gasteiger partial charge in [-0.15, -0.1) is 0 Å². The molecule has 0 bridgehead atoms. The van der Waals surface area contributed by atoms with Crippen molar-refractivity contribution in [1.82, 2.24) is 4.72 Å². The quantitative estimate of drug-likeness (QED) is 0.592. The number of aliphatic imine (C=N–C) groups is 1. The predicted octanol–water partition coefficient (Wildman–Crippen LogP) is 4.56. The smallest absolute Gasteiger partial charge is 0.240 e. The molecule has 4 rings (SSSR count). The van der Waals surface area contributed by atoms with E-state index < -0.39 is 10.0 Å². The molecule has 5 nitrogen and oxygen atoms in total. The van der Waals surface area contributed by atoms with Gasteiger partial charge in [0.25, 0.3) is 0 Å². The zero-order valence-electron chi connectivity index (χ0n) is 17.0. The number of rotatable bonds is 5. The number of aryl methyl sites for hydroxylation is 1. The van der Waals surface area contributed by atoms with E-state index in [1.807, 2.05) is 37.3 Å². The van der Waals surface area contributed by atoms with E-state index in [1.54, 1.807) is 36.5 Å². The fraction of sp³-hybridized carbons (Fsp3) is 0.292. The van der Waals surface area contributed by atoms with Crippen molar-refractivity contribution in [3.05, 3.63) is 71.8 Å². The van der Waals surface area contributed by atoms with Crippen LogP contribution in [0.2, 0.25) is 0 Å². The number of nitrogens with one attached hydrogen (secondary N) is 1. The van der Waals surface area contributed by atoms with Gasteiger partial charge in [-0.2, -0.15) is 0 Å². The van der Waals surface area contributed by atoms with E-state index in [9.17, 15) is 13.5 Å². The lowest BCUT2D eigenvalue weighted by Crippen LogP contribution is -2.44. The summed E-state index contributed by atoms with van der Waals surface area (Å²) >= 11 is 0. The predicted molar refractivity (Wildman–Crippen MR) is 121 cm³/mol. The molecule has 1 saturated carbocycles. The van der Waals surface area contributed by atoms with Gasteiger partial charge in [-0.3, -0.25) is 4.99 Å². The van der Waals surface area contributed by atoms with Gasteiger partial charge < -0.3 is 5.11 Å². The molecule has 1 aliphatic carbocycles. The molecule has 2 N–H and O–H groups in total. The highest BCUT2D eigenvalue weighted by Gasteiger charge is 2.29. The molecule has 0 aliphatic heterocycles. The van der Waals surface area contributed by atoms with Gasteiger partial charge in [0.2, 0.25) is 10.0 Å². The standard InChI is InChI=1S/C24H26N2O3S/c1-17-10-13-19(14-11-17)30(28,29)26-23-9-5-4-8-22(23)25-16-21-20-7-3-2-6-18(20)12-15-24(21)27/h2-3,6-7,10-16,22-23,26-27H,4-5,8-9H2,1H3/b25-16+/t22-,23-/m1/s1. The Kier molecular flexibility index (Phi) is 5.88. The van der Waals surface area contributed by atoms with Gasteiger partial charge in [-0.05, 0) is 48.7 Å². The Hall–Kier alpha value is -2.70. The number of phenols is 1. The van der Waals surface area contributed by atoms with E-state index in [4.69, 9.17) is 4.99 Å². The third kappa shape index (κ3) is 4.40. The van der Waals surface area contributed by atoms with Crippen molar-refractivity contribution < 1.29 is 13.5 Å². The van der Waals surface area contributed by atoms with Gasteiger partial charge in [0.05, 0.1) is 10.9 Å². The number of benzene rings is 3. The molecule has 156 valence electrons. The second-order valence-electron chi connectivity index (χ2n) is 7.89. The summed E-state index contributed by atoms with van der Waals surface area (Å²) in [5.74, 6) is 0.171. The van der Waals surface area contributed by atoms with Crippen LogP contribution in [-0.4, -0.2) is 31.8 Å². The van der Waals surface area contributed by atoms with Crippen LogP contribution in [0.5, 0.6) is 5.75 Å². The summed E-state index contributed by atoms with van der Waals surface area (Å²) in [6.45, 7) is 1.93. The monoisotopic (exact) mass is 422 g/mol. The number of sulfonamides is 1. The van der Waals surface area contributed by atoms with Crippen molar-refractivity contribution in [1.29, 1.82) is 0 Å². The highest BCUT2D eigenvalue weighted by atomic mass is 32.2. The average Bonchev–Trinajstić information content (AvgIpc) is 2.74. The fourth-order valence-corrected chi connectivity index (χ4v) is 5.31. The Morgan fingerprint density at radius 1 is 1.00 bits per heavy atom. The molecule has 2 atom stereocenters. The van der Waals surface area contributed by atoms with E-state index in [2.05, 4.69) is 4.72 Å². The lowest BCUT2D eigenvalue weighted by molar-refractivity contribution is 0.363. The molecule has 1 aliphatic rings. The molecule has 3 aromatic rings. The minimum Gasteiger partial charge on any atom is -0.507 e. The fourth-order valence-electron chi connectivity index (χ4n) is 4.00. The Morgan fingerprint density at radius 2 is 1.73 bits per heavy atom. The number of nitrogens with zero attached hydrogens (tertiary/aromatic N) is 1. The zero-order valence-corrected chi connectivity index (χ0v) is 17.8. The van der Waals surface area contributed by atoms with Gasteiger partial charge in [0.15, 0.2) is 0 Å². The summed E-state index contributed by atoms with van der Waals surface area (Å²) in [6.07, 6.45) is 5.22. The normalized spacial score (nSPS) is 20.0. The van der Waals surface area contributed by atoms with E-state index in [1.165, 1.54) is 0 Å².